The number of anilines is 2. The summed E-state index contributed by atoms with van der Waals surface area (Å²) in [6.07, 6.45) is -1.55. The lowest BCUT2D eigenvalue weighted by atomic mass is 10.2. The van der Waals surface area contributed by atoms with Crippen molar-refractivity contribution in [3.05, 3.63) is 58.3 Å². The molecule has 0 atom stereocenters. The molecular formula is C18H16F3N5O2S. The van der Waals surface area contributed by atoms with Gasteiger partial charge >= 0.3 is 6.18 Å². The predicted octanol–water partition coefficient (Wildman–Crippen LogP) is 3.49. The van der Waals surface area contributed by atoms with Crippen molar-refractivity contribution < 1.29 is 22.8 Å². The summed E-state index contributed by atoms with van der Waals surface area (Å²) in [6, 6.07) is 4.35. The third-order valence-corrected chi connectivity index (χ3v) is 4.53. The van der Waals surface area contributed by atoms with Crippen LogP contribution in [0.15, 0.2) is 42.0 Å². The summed E-state index contributed by atoms with van der Waals surface area (Å²) in [5.74, 6) is -0.827. The van der Waals surface area contributed by atoms with E-state index in [1.54, 1.807) is 5.38 Å². The van der Waals surface area contributed by atoms with Crippen molar-refractivity contribution in [2.24, 2.45) is 0 Å². The molecule has 29 heavy (non-hydrogen) atoms. The van der Waals surface area contributed by atoms with Crippen molar-refractivity contribution in [2.45, 2.75) is 26.1 Å². The molecule has 0 aliphatic heterocycles. The normalized spacial score (nSPS) is 11.3. The molecule has 0 radical (unpaired) electrons. The number of aryl methyl sites for hydroxylation is 1. The number of carbonyl (C=O) groups excluding carboxylic acids is 2. The van der Waals surface area contributed by atoms with Gasteiger partial charge in [0.2, 0.25) is 11.8 Å². The second kappa shape index (κ2) is 8.43. The highest BCUT2D eigenvalue weighted by Gasteiger charge is 2.30. The first-order valence-corrected chi connectivity index (χ1v) is 9.27. The van der Waals surface area contributed by atoms with Gasteiger partial charge in [-0.25, -0.2) is 4.98 Å². The van der Waals surface area contributed by atoms with E-state index in [1.807, 2.05) is 6.92 Å². The standard InChI is InChI=1S/C18H16F3N5O2S/c1-11-23-14(10-29-11)6-16(27)25-15-7-22-26(8-15)9-17(28)24-13-4-2-3-12(5-13)18(19,20)21/h2-5,7-8,10H,6,9H2,1H3,(H,24,28)(H,25,27). The van der Waals surface area contributed by atoms with E-state index in [0.29, 0.717) is 11.4 Å². The maximum Gasteiger partial charge on any atom is 0.416 e. The average Bonchev–Trinajstić information content (AvgIpc) is 3.23. The summed E-state index contributed by atoms with van der Waals surface area (Å²) in [6.45, 7) is 1.62. The number of aromatic nitrogens is 3. The highest BCUT2D eigenvalue weighted by molar-refractivity contribution is 7.09. The molecule has 2 N–H and O–H groups in total. The number of carbonyl (C=O) groups is 2. The van der Waals surface area contributed by atoms with Crippen LogP contribution >= 0.6 is 11.3 Å². The fourth-order valence-electron chi connectivity index (χ4n) is 2.49. The number of alkyl halides is 3. The van der Waals surface area contributed by atoms with E-state index < -0.39 is 17.6 Å². The molecular weight excluding hydrogens is 407 g/mol. The molecule has 0 fully saturated rings. The van der Waals surface area contributed by atoms with Crippen molar-refractivity contribution in [1.82, 2.24) is 14.8 Å². The van der Waals surface area contributed by atoms with Gasteiger partial charge < -0.3 is 10.6 Å². The SMILES string of the molecule is Cc1nc(CC(=O)Nc2cnn(CC(=O)Nc3cccc(C(F)(F)F)c3)c2)cs1. The molecule has 0 saturated heterocycles. The average molecular weight is 423 g/mol. The Balaban J connectivity index is 1.54. The van der Waals surface area contributed by atoms with Crippen LogP contribution in [0, 0.1) is 6.92 Å². The number of nitrogens with zero attached hydrogens (tertiary/aromatic N) is 3. The summed E-state index contributed by atoms with van der Waals surface area (Å²) >= 11 is 1.45. The maximum absolute atomic E-state index is 12.7. The molecule has 1 aromatic carbocycles. The van der Waals surface area contributed by atoms with Crippen LogP contribution in [0.3, 0.4) is 0 Å². The van der Waals surface area contributed by atoms with Gasteiger partial charge in [-0.15, -0.1) is 11.3 Å². The number of benzene rings is 1. The number of hydrogen-bond donors (Lipinski definition) is 2. The third kappa shape index (κ3) is 5.88. The molecule has 0 saturated carbocycles. The zero-order valence-corrected chi connectivity index (χ0v) is 16.0. The molecule has 0 bridgehead atoms. The van der Waals surface area contributed by atoms with E-state index in [-0.39, 0.29) is 24.6 Å². The Bertz CT molecular complexity index is 1030. The van der Waals surface area contributed by atoms with E-state index in [2.05, 4.69) is 20.7 Å². The van der Waals surface area contributed by atoms with Gasteiger partial charge in [-0.2, -0.15) is 18.3 Å². The zero-order chi connectivity index (χ0) is 21.0. The van der Waals surface area contributed by atoms with Gasteiger partial charge in [-0.3, -0.25) is 14.3 Å². The van der Waals surface area contributed by atoms with Crippen molar-refractivity contribution in [1.29, 1.82) is 0 Å². The summed E-state index contributed by atoms with van der Waals surface area (Å²) < 4.78 is 39.5. The topological polar surface area (TPSA) is 88.9 Å². The number of rotatable bonds is 6. The summed E-state index contributed by atoms with van der Waals surface area (Å²) in [5.41, 5.74) is 0.241. The highest BCUT2D eigenvalue weighted by Crippen LogP contribution is 2.30. The molecule has 2 amide bonds. The van der Waals surface area contributed by atoms with Gasteiger partial charge in [-0.1, -0.05) is 6.07 Å². The van der Waals surface area contributed by atoms with Gasteiger partial charge in [-0.05, 0) is 25.1 Å². The van der Waals surface area contributed by atoms with Gasteiger partial charge in [0.1, 0.15) is 6.54 Å². The largest absolute Gasteiger partial charge is 0.416 e. The van der Waals surface area contributed by atoms with Crippen molar-refractivity contribution in [3.8, 4) is 0 Å². The Kier molecular flexibility index (Phi) is 5.97. The van der Waals surface area contributed by atoms with Crippen LogP contribution in [-0.2, 0) is 28.7 Å². The van der Waals surface area contributed by atoms with Crippen LogP contribution in [-0.4, -0.2) is 26.6 Å². The van der Waals surface area contributed by atoms with Crippen LogP contribution in [0.5, 0.6) is 0 Å². The Morgan fingerprint density at radius 2 is 1.93 bits per heavy atom. The molecule has 0 unspecified atom stereocenters. The zero-order valence-electron chi connectivity index (χ0n) is 15.2. The van der Waals surface area contributed by atoms with Crippen LogP contribution in [0.1, 0.15) is 16.3 Å². The molecule has 152 valence electrons. The first kappa shape index (κ1) is 20.5. The molecule has 2 aromatic heterocycles. The van der Waals surface area contributed by atoms with Crippen LogP contribution < -0.4 is 10.6 Å². The second-order valence-corrected chi connectivity index (χ2v) is 7.20. The number of nitrogens with one attached hydrogen (secondary N) is 2. The minimum absolute atomic E-state index is 0.0315. The fraction of sp³-hybridized carbons (Fsp3) is 0.222. The number of hydrogen-bond acceptors (Lipinski definition) is 5. The quantitative estimate of drug-likeness (QED) is 0.635. The predicted molar refractivity (Wildman–Crippen MR) is 101 cm³/mol. The van der Waals surface area contributed by atoms with Crippen LogP contribution in [0.2, 0.25) is 0 Å². The van der Waals surface area contributed by atoms with E-state index >= 15 is 0 Å². The van der Waals surface area contributed by atoms with Crippen molar-refractivity contribution in [2.75, 3.05) is 10.6 Å². The van der Waals surface area contributed by atoms with Crippen LogP contribution in [0.25, 0.3) is 0 Å². The van der Waals surface area contributed by atoms with Gasteiger partial charge in [0, 0.05) is 17.3 Å². The first-order chi connectivity index (χ1) is 13.7. The molecule has 0 aliphatic carbocycles. The molecule has 0 aliphatic rings. The molecule has 11 heteroatoms. The van der Waals surface area contributed by atoms with Gasteiger partial charge in [0.05, 0.1) is 34.6 Å². The van der Waals surface area contributed by atoms with Crippen molar-refractivity contribution >= 4 is 34.5 Å². The molecule has 2 heterocycles. The minimum Gasteiger partial charge on any atom is -0.324 e. The molecule has 7 nitrogen and oxygen atoms in total. The van der Waals surface area contributed by atoms with E-state index in [1.165, 1.54) is 40.5 Å². The van der Waals surface area contributed by atoms with Crippen molar-refractivity contribution in [3.63, 3.8) is 0 Å². The lowest BCUT2D eigenvalue weighted by molar-refractivity contribution is -0.137. The smallest absolute Gasteiger partial charge is 0.324 e. The second-order valence-electron chi connectivity index (χ2n) is 6.14. The van der Waals surface area contributed by atoms with Gasteiger partial charge in [0.25, 0.3) is 0 Å². The number of halogens is 3. The third-order valence-electron chi connectivity index (χ3n) is 3.70. The van der Waals surface area contributed by atoms with Gasteiger partial charge in [0.15, 0.2) is 0 Å². The Morgan fingerprint density at radius 1 is 1.17 bits per heavy atom. The Labute approximate surface area is 167 Å². The first-order valence-electron chi connectivity index (χ1n) is 8.39. The molecule has 3 rings (SSSR count). The maximum atomic E-state index is 12.7. The molecule has 3 aromatic rings. The van der Waals surface area contributed by atoms with E-state index in [4.69, 9.17) is 0 Å². The summed E-state index contributed by atoms with van der Waals surface area (Å²) in [7, 11) is 0. The van der Waals surface area contributed by atoms with E-state index in [0.717, 1.165) is 17.1 Å². The number of amides is 2. The highest BCUT2D eigenvalue weighted by atomic mass is 32.1. The number of thiazole rings is 1. The monoisotopic (exact) mass is 423 g/mol. The van der Waals surface area contributed by atoms with E-state index in [9.17, 15) is 22.8 Å². The lowest BCUT2D eigenvalue weighted by Crippen LogP contribution is -2.19. The van der Waals surface area contributed by atoms with Crippen LogP contribution in [0.4, 0.5) is 24.5 Å². The minimum atomic E-state index is -4.49. The lowest BCUT2D eigenvalue weighted by Gasteiger charge is -2.10. The summed E-state index contributed by atoms with van der Waals surface area (Å²) in [5, 5.41) is 11.7. The summed E-state index contributed by atoms with van der Waals surface area (Å²) in [4.78, 5) is 28.3. The Hall–Kier alpha value is -3.21. The molecule has 0 spiro atoms. The Morgan fingerprint density at radius 3 is 2.62 bits per heavy atom. The fourth-order valence-corrected chi connectivity index (χ4v) is 3.11.